The van der Waals surface area contributed by atoms with Gasteiger partial charge >= 0.3 is 7.82 Å². The molecule has 0 heterocycles. The first-order chi connectivity index (χ1) is 44.5. The lowest BCUT2D eigenvalue weighted by Crippen LogP contribution is -2.45. The van der Waals surface area contributed by atoms with E-state index >= 15 is 0 Å². The number of nitrogens with one attached hydrogen (secondary N) is 1. The number of quaternary nitrogens is 1. The number of allylic oxidation sites excluding steroid dienone is 13. The standard InChI is InChI=1S/C82H153N2O6P/c1-6-8-10-12-14-16-18-20-22-24-26-28-30-32-34-36-38-40-41-42-43-44-46-48-50-52-54-56-58-60-62-64-66-68-70-72-74-76-82(86)83-80(79-90-91(87,88)89-78-77-84(3,4)5)81(85)75-73-71-69-67-65-63-61-59-57-55-53-51-49-47-45-39-37-35-33-31-29-27-25-23-21-19-17-15-13-11-9-7-2/h8,10,14,16,20,22,26,28,32,34,38,40,73,75,80-81,85H,6-7,9,11-13,15,17-19,21,23-25,27,29-31,33,35-37,39,41-72,74,76-79H2,1-5H3,(H-,83,86,87,88)/p+1/b10-8-,16-14-,22-20-,28-26-,34-32-,40-38-,75-73+. The molecule has 0 radical (unpaired) electrons. The molecular weight excluding hydrogens is 1140 g/mol. The first-order valence-electron chi connectivity index (χ1n) is 39.5. The second kappa shape index (κ2) is 72.0. The lowest BCUT2D eigenvalue weighted by molar-refractivity contribution is -0.870. The predicted octanol–water partition coefficient (Wildman–Crippen LogP) is 25.8. The second-order valence-electron chi connectivity index (χ2n) is 28.1. The lowest BCUT2D eigenvalue weighted by Gasteiger charge is -2.25. The van der Waals surface area contributed by atoms with E-state index in [1.807, 2.05) is 27.2 Å². The van der Waals surface area contributed by atoms with E-state index in [4.69, 9.17) is 9.05 Å². The van der Waals surface area contributed by atoms with Crippen molar-refractivity contribution in [3.05, 3.63) is 85.1 Å². The van der Waals surface area contributed by atoms with Crippen LogP contribution < -0.4 is 5.32 Å². The quantitative estimate of drug-likeness (QED) is 0.0243. The Morgan fingerprint density at radius 1 is 0.385 bits per heavy atom. The Morgan fingerprint density at radius 3 is 0.967 bits per heavy atom. The van der Waals surface area contributed by atoms with E-state index < -0.39 is 20.0 Å². The molecule has 3 atom stereocenters. The van der Waals surface area contributed by atoms with Crippen LogP contribution in [0.15, 0.2) is 85.1 Å². The first-order valence-corrected chi connectivity index (χ1v) is 41.0. The van der Waals surface area contributed by atoms with Gasteiger partial charge in [0.25, 0.3) is 0 Å². The number of hydrogen-bond donors (Lipinski definition) is 3. The van der Waals surface area contributed by atoms with Crippen LogP contribution in [0.4, 0.5) is 0 Å². The Balaban J connectivity index is 3.99. The van der Waals surface area contributed by atoms with Gasteiger partial charge < -0.3 is 19.8 Å². The molecule has 0 fully saturated rings. The Bertz CT molecular complexity index is 1760. The molecule has 0 saturated carbocycles. The van der Waals surface area contributed by atoms with E-state index in [1.165, 1.54) is 283 Å². The molecule has 0 spiro atoms. The van der Waals surface area contributed by atoms with Gasteiger partial charge in [-0.25, -0.2) is 4.57 Å². The molecule has 532 valence electrons. The van der Waals surface area contributed by atoms with Crippen molar-refractivity contribution in [3.8, 4) is 0 Å². The number of likely N-dealkylation sites (N-methyl/N-ethyl adjacent to an activating group) is 1. The highest BCUT2D eigenvalue weighted by atomic mass is 31.2. The largest absolute Gasteiger partial charge is 0.472 e. The molecule has 0 rings (SSSR count). The highest BCUT2D eigenvalue weighted by Crippen LogP contribution is 2.43. The van der Waals surface area contributed by atoms with Gasteiger partial charge in [0.2, 0.25) is 5.91 Å². The predicted molar refractivity (Wildman–Crippen MR) is 401 cm³/mol. The average Bonchev–Trinajstić information content (AvgIpc) is 3.42. The van der Waals surface area contributed by atoms with Gasteiger partial charge in [0.1, 0.15) is 13.2 Å². The molecule has 0 aliphatic heterocycles. The molecule has 0 aromatic rings. The summed E-state index contributed by atoms with van der Waals surface area (Å²) < 4.78 is 23.9. The van der Waals surface area contributed by atoms with Crippen molar-refractivity contribution in [2.24, 2.45) is 0 Å². The average molecular weight is 1300 g/mol. The summed E-state index contributed by atoms with van der Waals surface area (Å²) in [5.41, 5.74) is 0. The highest BCUT2D eigenvalue weighted by Gasteiger charge is 2.28. The molecule has 3 N–H and O–H groups in total. The van der Waals surface area contributed by atoms with Gasteiger partial charge in [-0.2, -0.15) is 0 Å². The summed E-state index contributed by atoms with van der Waals surface area (Å²) >= 11 is 0. The number of carbonyl (C=O) groups is 1. The van der Waals surface area contributed by atoms with Crippen LogP contribution >= 0.6 is 7.82 Å². The summed E-state index contributed by atoms with van der Waals surface area (Å²) in [6.07, 6.45) is 103. The number of aliphatic hydroxyl groups excluding tert-OH is 1. The molecular formula is C82H154N2O6P+. The molecule has 0 aromatic carbocycles. The van der Waals surface area contributed by atoms with Crippen molar-refractivity contribution >= 4 is 13.7 Å². The number of unbranched alkanes of at least 4 members (excludes halogenated alkanes) is 48. The smallest absolute Gasteiger partial charge is 0.387 e. The number of carbonyl (C=O) groups excluding carboxylic acids is 1. The molecule has 9 heteroatoms. The molecule has 0 bridgehead atoms. The molecule has 0 aliphatic carbocycles. The van der Waals surface area contributed by atoms with Crippen molar-refractivity contribution in [2.75, 3.05) is 40.9 Å². The number of nitrogens with zero attached hydrogens (tertiary/aromatic N) is 1. The van der Waals surface area contributed by atoms with E-state index in [-0.39, 0.29) is 19.1 Å². The summed E-state index contributed by atoms with van der Waals surface area (Å²) in [4.78, 5) is 23.5. The van der Waals surface area contributed by atoms with Gasteiger partial charge in [0, 0.05) is 6.42 Å². The molecule has 0 aromatic heterocycles. The summed E-state index contributed by atoms with van der Waals surface area (Å²) in [5.74, 6) is -0.172. The third-order valence-corrected chi connectivity index (χ3v) is 18.9. The first kappa shape index (κ1) is 88.7. The summed E-state index contributed by atoms with van der Waals surface area (Å²) in [6, 6.07) is -0.851. The van der Waals surface area contributed by atoms with Gasteiger partial charge in [-0.1, -0.05) is 388 Å². The molecule has 91 heavy (non-hydrogen) atoms. The van der Waals surface area contributed by atoms with E-state index in [0.29, 0.717) is 17.4 Å². The summed E-state index contributed by atoms with van der Waals surface area (Å²) in [6.45, 7) is 4.75. The lowest BCUT2D eigenvalue weighted by atomic mass is 10.0. The number of phosphoric acid groups is 1. The van der Waals surface area contributed by atoms with Gasteiger partial charge in [-0.05, 0) is 70.6 Å². The van der Waals surface area contributed by atoms with Crippen LogP contribution in [0.1, 0.15) is 380 Å². The van der Waals surface area contributed by atoms with Crippen LogP contribution in [0.5, 0.6) is 0 Å². The van der Waals surface area contributed by atoms with Crippen LogP contribution in [-0.4, -0.2) is 73.4 Å². The monoisotopic (exact) mass is 1290 g/mol. The van der Waals surface area contributed by atoms with Crippen LogP contribution in [0.25, 0.3) is 0 Å². The number of phosphoric ester groups is 1. The Hall–Kier alpha value is -2.32. The number of hydrogen-bond acceptors (Lipinski definition) is 5. The summed E-state index contributed by atoms with van der Waals surface area (Å²) in [7, 11) is 1.58. The second-order valence-corrected chi connectivity index (χ2v) is 29.5. The maximum atomic E-state index is 13.1. The highest BCUT2D eigenvalue weighted by molar-refractivity contribution is 7.47. The molecule has 0 aliphatic rings. The van der Waals surface area contributed by atoms with Crippen molar-refractivity contribution < 1.29 is 32.9 Å². The zero-order valence-corrected chi connectivity index (χ0v) is 62.0. The van der Waals surface area contributed by atoms with Gasteiger partial charge in [0.15, 0.2) is 0 Å². The van der Waals surface area contributed by atoms with Gasteiger partial charge in [-0.3, -0.25) is 13.8 Å². The maximum absolute atomic E-state index is 13.1. The van der Waals surface area contributed by atoms with Crippen molar-refractivity contribution in [3.63, 3.8) is 0 Å². The zero-order valence-electron chi connectivity index (χ0n) is 61.1. The minimum atomic E-state index is -4.36. The molecule has 0 saturated heterocycles. The zero-order chi connectivity index (χ0) is 66.2. The van der Waals surface area contributed by atoms with Crippen molar-refractivity contribution in [2.45, 2.75) is 392 Å². The SMILES string of the molecule is CC/C=C\C/C=C\C/C=C\C/C=C\C/C=C\C/C=C\CCCCCCCCCCCCCCCCCCCCC(=O)NC(COP(=O)(O)OCC[N+](C)(C)C)C(O)/C=C/CCCCCCCCCCCCCCCCCCCCCCCCCCCCCCCC. The Morgan fingerprint density at radius 2 is 0.659 bits per heavy atom. The normalized spacial score (nSPS) is 14.0. The van der Waals surface area contributed by atoms with Crippen LogP contribution in [0, 0.1) is 0 Å². The fraction of sp³-hybridized carbons (Fsp3) is 0.817. The minimum absolute atomic E-state index is 0.0611. The van der Waals surface area contributed by atoms with E-state index in [2.05, 4.69) is 92.1 Å². The summed E-state index contributed by atoms with van der Waals surface area (Å²) in [5, 5.41) is 14.1. The van der Waals surface area contributed by atoms with E-state index in [0.717, 1.165) is 77.0 Å². The van der Waals surface area contributed by atoms with Crippen molar-refractivity contribution in [1.29, 1.82) is 0 Å². The fourth-order valence-electron chi connectivity index (χ4n) is 11.8. The Labute approximate surface area is 567 Å². The molecule has 3 unspecified atom stereocenters. The topological polar surface area (TPSA) is 105 Å². The van der Waals surface area contributed by atoms with Crippen LogP contribution in [-0.2, 0) is 18.4 Å². The molecule has 1 amide bonds. The van der Waals surface area contributed by atoms with Gasteiger partial charge in [-0.15, -0.1) is 0 Å². The maximum Gasteiger partial charge on any atom is 0.472 e. The van der Waals surface area contributed by atoms with Crippen molar-refractivity contribution in [1.82, 2.24) is 5.32 Å². The third-order valence-electron chi connectivity index (χ3n) is 17.9. The molecule has 8 nitrogen and oxygen atoms in total. The third kappa shape index (κ3) is 74.9. The minimum Gasteiger partial charge on any atom is -0.387 e. The van der Waals surface area contributed by atoms with Crippen LogP contribution in [0.2, 0.25) is 0 Å². The van der Waals surface area contributed by atoms with E-state index in [1.54, 1.807) is 6.08 Å². The fourth-order valence-corrected chi connectivity index (χ4v) is 12.6. The van der Waals surface area contributed by atoms with Gasteiger partial charge in [0.05, 0.1) is 39.9 Å². The van der Waals surface area contributed by atoms with E-state index in [9.17, 15) is 19.4 Å². The number of aliphatic hydroxyl groups is 1. The number of rotatable bonds is 73. The van der Waals surface area contributed by atoms with Crippen LogP contribution in [0.3, 0.4) is 0 Å². The Kier molecular flexibility index (Phi) is 70.1. The number of amides is 1.